The second-order valence-corrected chi connectivity index (χ2v) is 3.63. The molecule has 0 saturated carbocycles. The molecule has 0 radical (unpaired) electrons. The van der Waals surface area contributed by atoms with Gasteiger partial charge in [0.15, 0.2) is 0 Å². The molecule has 2 atom stereocenters. The summed E-state index contributed by atoms with van der Waals surface area (Å²) in [6.07, 6.45) is 2.60. The first-order chi connectivity index (χ1) is 4.66. The summed E-state index contributed by atoms with van der Waals surface area (Å²) in [5.74, 6) is 1.75. The molecule has 0 saturated heterocycles. The molecule has 2 unspecified atom stereocenters. The Morgan fingerprint density at radius 2 is 2.00 bits per heavy atom. The van der Waals surface area contributed by atoms with Crippen molar-refractivity contribution in [2.24, 2.45) is 11.8 Å². The molecule has 1 aliphatic rings. The zero-order valence-electron chi connectivity index (χ0n) is 7.57. The zero-order valence-corrected chi connectivity index (χ0v) is 7.57. The minimum absolute atomic E-state index is 0.852. The topological polar surface area (TPSA) is 0 Å². The number of rotatable bonds is 1. The average Bonchev–Trinajstić information content (AvgIpc) is 2.09. The second-order valence-electron chi connectivity index (χ2n) is 3.63. The van der Waals surface area contributed by atoms with Crippen molar-refractivity contribution in [3.05, 3.63) is 11.1 Å². The Labute approximate surface area is 64.3 Å². The van der Waals surface area contributed by atoms with E-state index in [4.69, 9.17) is 0 Å². The van der Waals surface area contributed by atoms with Crippen LogP contribution in [0.4, 0.5) is 0 Å². The fraction of sp³-hybridized carbons (Fsp3) is 0.800. The molecule has 10 heavy (non-hydrogen) atoms. The Hall–Kier alpha value is -0.260. The van der Waals surface area contributed by atoms with Crippen molar-refractivity contribution in [1.82, 2.24) is 0 Å². The van der Waals surface area contributed by atoms with Crippen molar-refractivity contribution in [2.45, 2.75) is 40.5 Å². The van der Waals surface area contributed by atoms with E-state index in [2.05, 4.69) is 27.7 Å². The molecule has 0 heteroatoms. The summed E-state index contributed by atoms with van der Waals surface area (Å²) < 4.78 is 0. The van der Waals surface area contributed by atoms with Crippen molar-refractivity contribution in [3.63, 3.8) is 0 Å². The lowest BCUT2D eigenvalue weighted by Gasteiger charge is -2.11. The Kier molecular flexibility index (Phi) is 2.18. The fourth-order valence-electron chi connectivity index (χ4n) is 2.15. The lowest BCUT2D eigenvalue weighted by Crippen LogP contribution is -2.01. The molecule has 0 spiro atoms. The van der Waals surface area contributed by atoms with Crippen LogP contribution < -0.4 is 0 Å². The van der Waals surface area contributed by atoms with Gasteiger partial charge < -0.3 is 0 Å². The summed E-state index contributed by atoms with van der Waals surface area (Å²) in [6.45, 7) is 9.28. The van der Waals surface area contributed by atoms with Crippen LogP contribution in [0.1, 0.15) is 40.5 Å². The van der Waals surface area contributed by atoms with E-state index in [9.17, 15) is 0 Å². The summed E-state index contributed by atoms with van der Waals surface area (Å²) in [7, 11) is 0. The normalized spacial score (nSPS) is 33.6. The number of allylic oxidation sites excluding steroid dienone is 2. The summed E-state index contributed by atoms with van der Waals surface area (Å²) in [5.41, 5.74) is 3.37. The van der Waals surface area contributed by atoms with Gasteiger partial charge in [0.05, 0.1) is 0 Å². The van der Waals surface area contributed by atoms with Crippen molar-refractivity contribution in [2.75, 3.05) is 0 Å². The Bertz CT molecular complexity index is 153. The molecule has 0 heterocycles. The van der Waals surface area contributed by atoms with Crippen LogP contribution in [0.3, 0.4) is 0 Å². The molecule has 1 aliphatic carbocycles. The minimum Gasteiger partial charge on any atom is -0.0736 e. The third-order valence-corrected chi connectivity index (χ3v) is 2.96. The predicted molar refractivity (Wildman–Crippen MR) is 45.9 cm³/mol. The molecule has 0 aromatic rings. The van der Waals surface area contributed by atoms with Gasteiger partial charge in [-0.1, -0.05) is 31.9 Å². The molecule has 58 valence electrons. The maximum Gasteiger partial charge on any atom is -0.0200 e. The highest BCUT2D eigenvalue weighted by Crippen LogP contribution is 2.37. The molecule has 1 rings (SSSR count). The molecular weight excluding hydrogens is 120 g/mol. The zero-order chi connectivity index (χ0) is 7.72. The van der Waals surface area contributed by atoms with Gasteiger partial charge >= 0.3 is 0 Å². The monoisotopic (exact) mass is 138 g/mol. The van der Waals surface area contributed by atoms with Crippen LogP contribution in [-0.2, 0) is 0 Å². The largest absolute Gasteiger partial charge is 0.0736 e. The quantitative estimate of drug-likeness (QED) is 0.487. The van der Waals surface area contributed by atoms with E-state index < -0.39 is 0 Å². The van der Waals surface area contributed by atoms with E-state index in [1.807, 2.05) is 0 Å². The molecule has 0 aromatic carbocycles. The van der Waals surface area contributed by atoms with Crippen LogP contribution >= 0.6 is 0 Å². The van der Waals surface area contributed by atoms with Crippen LogP contribution in [-0.4, -0.2) is 0 Å². The Morgan fingerprint density at radius 1 is 1.40 bits per heavy atom. The van der Waals surface area contributed by atoms with Crippen molar-refractivity contribution in [3.8, 4) is 0 Å². The van der Waals surface area contributed by atoms with Gasteiger partial charge in [-0.2, -0.15) is 0 Å². The summed E-state index contributed by atoms with van der Waals surface area (Å²) in [4.78, 5) is 0. The summed E-state index contributed by atoms with van der Waals surface area (Å²) in [5, 5.41) is 0. The molecule has 0 aliphatic heterocycles. The maximum atomic E-state index is 2.36. The Morgan fingerprint density at radius 3 is 2.20 bits per heavy atom. The standard InChI is InChI=1S/C10H18/c1-5-10-8(3)6-7(2)9(10)4/h7,9H,5-6H2,1-4H3. The smallest absolute Gasteiger partial charge is 0.0200 e. The minimum atomic E-state index is 0.852. The molecular formula is C10H18. The van der Waals surface area contributed by atoms with E-state index in [0.29, 0.717) is 0 Å². The highest BCUT2D eigenvalue weighted by Gasteiger charge is 2.24. The lowest BCUT2D eigenvalue weighted by atomic mass is 9.94. The first-order valence-corrected chi connectivity index (χ1v) is 4.35. The first-order valence-electron chi connectivity index (χ1n) is 4.35. The van der Waals surface area contributed by atoms with Crippen molar-refractivity contribution >= 4 is 0 Å². The third kappa shape index (κ3) is 1.12. The van der Waals surface area contributed by atoms with E-state index in [-0.39, 0.29) is 0 Å². The molecule has 0 aromatic heterocycles. The molecule has 0 amide bonds. The van der Waals surface area contributed by atoms with Gasteiger partial charge in [-0.25, -0.2) is 0 Å². The van der Waals surface area contributed by atoms with E-state index in [1.165, 1.54) is 12.8 Å². The summed E-state index contributed by atoms with van der Waals surface area (Å²) >= 11 is 0. The number of hydrogen-bond donors (Lipinski definition) is 0. The lowest BCUT2D eigenvalue weighted by molar-refractivity contribution is 0.473. The van der Waals surface area contributed by atoms with Crippen LogP contribution in [0, 0.1) is 11.8 Å². The molecule has 0 fully saturated rings. The highest BCUT2D eigenvalue weighted by molar-refractivity contribution is 5.21. The van der Waals surface area contributed by atoms with E-state index in [0.717, 1.165) is 11.8 Å². The van der Waals surface area contributed by atoms with Gasteiger partial charge in [0.25, 0.3) is 0 Å². The maximum absolute atomic E-state index is 2.36. The molecule has 0 nitrogen and oxygen atoms in total. The van der Waals surface area contributed by atoms with Crippen LogP contribution in [0.25, 0.3) is 0 Å². The second kappa shape index (κ2) is 2.77. The Balaban J connectivity index is 2.75. The van der Waals surface area contributed by atoms with E-state index >= 15 is 0 Å². The van der Waals surface area contributed by atoms with Gasteiger partial charge in [0, 0.05) is 0 Å². The van der Waals surface area contributed by atoms with Gasteiger partial charge in [0.2, 0.25) is 0 Å². The predicted octanol–water partition coefficient (Wildman–Crippen LogP) is 3.39. The number of hydrogen-bond acceptors (Lipinski definition) is 0. The first kappa shape index (κ1) is 7.84. The van der Waals surface area contributed by atoms with E-state index in [1.54, 1.807) is 11.1 Å². The van der Waals surface area contributed by atoms with Crippen molar-refractivity contribution in [1.29, 1.82) is 0 Å². The molecule has 0 bridgehead atoms. The SMILES string of the molecule is CCC1=C(C)CC(C)C1C. The van der Waals surface area contributed by atoms with Gasteiger partial charge in [-0.15, -0.1) is 0 Å². The third-order valence-electron chi connectivity index (χ3n) is 2.96. The molecule has 0 N–H and O–H groups in total. The van der Waals surface area contributed by atoms with Crippen LogP contribution in [0.15, 0.2) is 11.1 Å². The van der Waals surface area contributed by atoms with Crippen LogP contribution in [0.5, 0.6) is 0 Å². The fourth-order valence-corrected chi connectivity index (χ4v) is 2.15. The average molecular weight is 138 g/mol. The van der Waals surface area contributed by atoms with Gasteiger partial charge in [0.1, 0.15) is 0 Å². The van der Waals surface area contributed by atoms with Crippen LogP contribution in [0.2, 0.25) is 0 Å². The van der Waals surface area contributed by atoms with Crippen molar-refractivity contribution < 1.29 is 0 Å². The van der Waals surface area contributed by atoms with Gasteiger partial charge in [-0.3, -0.25) is 0 Å². The highest BCUT2D eigenvalue weighted by atomic mass is 14.3. The van der Waals surface area contributed by atoms with Gasteiger partial charge in [-0.05, 0) is 31.6 Å². The summed E-state index contributed by atoms with van der Waals surface area (Å²) in [6, 6.07) is 0.